The van der Waals surface area contributed by atoms with Crippen LogP contribution < -0.4 is 4.74 Å². The van der Waals surface area contributed by atoms with Gasteiger partial charge in [0.25, 0.3) is 0 Å². The van der Waals surface area contributed by atoms with Crippen LogP contribution in [0.4, 0.5) is 0 Å². The molecule has 1 atom stereocenters. The summed E-state index contributed by atoms with van der Waals surface area (Å²) < 4.78 is 8.27. The third-order valence-corrected chi connectivity index (χ3v) is 6.48. The second-order valence-electron chi connectivity index (χ2n) is 8.57. The average molecular weight is 441 g/mol. The minimum Gasteiger partial charge on any atom is -0.438 e. The van der Waals surface area contributed by atoms with Gasteiger partial charge in [-0.05, 0) is 16.5 Å². The monoisotopic (exact) mass is 440 g/mol. The van der Waals surface area contributed by atoms with Crippen LogP contribution in [0, 0.1) is 0 Å². The molecule has 1 aliphatic rings. The van der Waals surface area contributed by atoms with E-state index in [4.69, 9.17) is 14.8 Å². The van der Waals surface area contributed by atoms with Crippen LogP contribution in [0.5, 0.6) is 11.6 Å². The van der Waals surface area contributed by atoms with E-state index >= 15 is 0 Å². The fourth-order valence-electron chi connectivity index (χ4n) is 4.94. The van der Waals surface area contributed by atoms with Crippen LogP contribution in [0.1, 0.15) is 34.0 Å². The average Bonchev–Trinajstić information content (AvgIpc) is 3.31. The summed E-state index contributed by atoms with van der Waals surface area (Å²) in [7, 11) is 0. The van der Waals surface area contributed by atoms with Crippen molar-refractivity contribution < 1.29 is 4.74 Å². The highest BCUT2D eigenvalue weighted by molar-refractivity contribution is 5.91. The summed E-state index contributed by atoms with van der Waals surface area (Å²) in [4.78, 5) is 9.65. The molecule has 0 N–H and O–H groups in total. The van der Waals surface area contributed by atoms with Crippen molar-refractivity contribution in [1.29, 1.82) is 0 Å². The Hall–Kier alpha value is -4.51. The first-order chi connectivity index (χ1) is 16.8. The molecular formula is C29H20N4O. The molecular weight excluding hydrogens is 420 g/mol. The maximum atomic E-state index is 6.49. The normalized spacial score (nSPS) is 14.5. The van der Waals surface area contributed by atoms with Gasteiger partial charge in [0.05, 0.1) is 5.56 Å². The molecule has 0 saturated heterocycles. The first kappa shape index (κ1) is 19.0. The van der Waals surface area contributed by atoms with E-state index in [2.05, 4.69) is 65.6 Å². The molecule has 0 saturated carbocycles. The fraction of sp³-hybridized carbons (Fsp3) is 0.0690. The van der Waals surface area contributed by atoms with Crippen molar-refractivity contribution >= 4 is 16.4 Å². The lowest BCUT2D eigenvalue weighted by molar-refractivity contribution is 0.437. The maximum Gasteiger partial charge on any atom is 0.228 e. The summed E-state index contributed by atoms with van der Waals surface area (Å²) in [5, 5.41) is 6.96. The molecule has 0 aliphatic carbocycles. The van der Waals surface area contributed by atoms with E-state index in [1.54, 1.807) is 10.8 Å². The van der Waals surface area contributed by atoms with Gasteiger partial charge in [0.2, 0.25) is 5.88 Å². The molecule has 162 valence electrons. The Balaban J connectivity index is 1.46. The molecule has 0 fully saturated rings. The predicted molar refractivity (Wildman–Crippen MR) is 131 cm³/mol. The standard InChI is InChI=1S/C29H20N4O/c1-3-9-19(10-4-1)17-24-31-28-26-25(21-12-5-2-6-13-21)23-16-15-20-11-7-8-14-22(20)27(23)34-29(26)30-18-33(28)32-24/h1-16,18,25H,17H2/t25-/m0/s1. The molecule has 5 nitrogen and oxygen atoms in total. The summed E-state index contributed by atoms with van der Waals surface area (Å²) in [5.74, 6) is 2.15. The van der Waals surface area contributed by atoms with E-state index in [-0.39, 0.29) is 5.92 Å². The van der Waals surface area contributed by atoms with Crippen LogP contribution in [-0.4, -0.2) is 19.6 Å². The van der Waals surface area contributed by atoms with Crippen LogP contribution in [-0.2, 0) is 6.42 Å². The molecule has 4 aromatic carbocycles. The molecule has 0 unspecified atom stereocenters. The highest BCUT2D eigenvalue weighted by Crippen LogP contribution is 2.50. The van der Waals surface area contributed by atoms with Crippen LogP contribution in [0.3, 0.4) is 0 Å². The lowest BCUT2D eigenvalue weighted by Gasteiger charge is -2.28. The fourth-order valence-corrected chi connectivity index (χ4v) is 4.94. The zero-order valence-electron chi connectivity index (χ0n) is 18.3. The van der Waals surface area contributed by atoms with Crippen molar-refractivity contribution in [3.8, 4) is 11.6 Å². The first-order valence-corrected chi connectivity index (χ1v) is 11.4. The quantitative estimate of drug-likeness (QED) is 0.330. The van der Waals surface area contributed by atoms with Crippen molar-refractivity contribution in [2.75, 3.05) is 0 Å². The van der Waals surface area contributed by atoms with E-state index in [9.17, 15) is 0 Å². The smallest absolute Gasteiger partial charge is 0.228 e. The molecule has 0 amide bonds. The van der Waals surface area contributed by atoms with Crippen LogP contribution in [0.2, 0.25) is 0 Å². The van der Waals surface area contributed by atoms with E-state index in [1.807, 2.05) is 36.4 Å². The predicted octanol–water partition coefficient (Wildman–Crippen LogP) is 6.15. The zero-order valence-corrected chi connectivity index (χ0v) is 18.3. The zero-order chi connectivity index (χ0) is 22.5. The van der Waals surface area contributed by atoms with Crippen molar-refractivity contribution in [3.63, 3.8) is 0 Å². The number of rotatable bonds is 3. The van der Waals surface area contributed by atoms with Crippen molar-refractivity contribution in [2.45, 2.75) is 12.3 Å². The Morgan fingerprint density at radius 3 is 2.41 bits per heavy atom. The highest BCUT2D eigenvalue weighted by Gasteiger charge is 2.34. The summed E-state index contributed by atoms with van der Waals surface area (Å²) in [6, 6.07) is 33.4. The van der Waals surface area contributed by atoms with Crippen LogP contribution >= 0.6 is 0 Å². The molecule has 2 aromatic heterocycles. The number of hydrogen-bond acceptors (Lipinski definition) is 4. The van der Waals surface area contributed by atoms with Crippen LogP contribution in [0.15, 0.2) is 103 Å². The second kappa shape index (κ2) is 7.52. The lowest BCUT2D eigenvalue weighted by atomic mass is 9.83. The van der Waals surface area contributed by atoms with Crippen molar-refractivity contribution in [2.24, 2.45) is 0 Å². The molecule has 6 aromatic rings. The highest BCUT2D eigenvalue weighted by atomic mass is 16.5. The molecule has 0 spiro atoms. The number of nitrogens with zero attached hydrogens (tertiary/aromatic N) is 4. The first-order valence-electron chi connectivity index (χ1n) is 11.4. The van der Waals surface area contributed by atoms with Gasteiger partial charge in [0.15, 0.2) is 11.5 Å². The Bertz CT molecular complexity index is 1660. The van der Waals surface area contributed by atoms with Gasteiger partial charge < -0.3 is 4.74 Å². The number of hydrogen-bond donors (Lipinski definition) is 0. The Kier molecular flexibility index (Phi) is 4.21. The number of ether oxygens (including phenoxy) is 1. The van der Waals surface area contributed by atoms with E-state index < -0.39 is 0 Å². The molecule has 1 aliphatic heterocycles. The molecule has 34 heavy (non-hydrogen) atoms. The van der Waals surface area contributed by atoms with Gasteiger partial charge in [-0.2, -0.15) is 0 Å². The van der Waals surface area contributed by atoms with Gasteiger partial charge in [-0.3, -0.25) is 0 Å². The van der Waals surface area contributed by atoms with Gasteiger partial charge in [-0.25, -0.2) is 14.5 Å². The van der Waals surface area contributed by atoms with Gasteiger partial charge in [-0.15, -0.1) is 5.10 Å². The minimum absolute atomic E-state index is 0.0606. The Morgan fingerprint density at radius 2 is 1.56 bits per heavy atom. The Labute approximate surface area is 196 Å². The van der Waals surface area contributed by atoms with Gasteiger partial charge in [0.1, 0.15) is 12.1 Å². The molecule has 5 heteroatoms. The second-order valence-corrected chi connectivity index (χ2v) is 8.57. The topological polar surface area (TPSA) is 52.3 Å². The number of fused-ring (bicyclic) bond motifs is 6. The summed E-state index contributed by atoms with van der Waals surface area (Å²) in [5.41, 5.74) is 5.19. The lowest BCUT2D eigenvalue weighted by Crippen LogP contribution is -2.15. The Morgan fingerprint density at radius 1 is 0.794 bits per heavy atom. The number of aromatic nitrogens is 4. The maximum absolute atomic E-state index is 6.49. The van der Waals surface area contributed by atoms with Crippen molar-refractivity contribution in [1.82, 2.24) is 19.6 Å². The van der Waals surface area contributed by atoms with E-state index in [0.29, 0.717) is 12.3 Å². The summed E-state index contributed by atoms with van der Waals surface area (Å²) >= 11 is 0. The van der Waals surface area contributed by atoms with Gasteiger partial charge in [0, 0.05) is 23.3 Å². The summed E-state index contributed by atoms with van der Waals surface area (Å²) in [6.07, 6.45) is 2.36. The SMILES string of the molecule is c1ccc(Cc2nc3c4c(ncn3n2)Oc2c(ccc3ccccc23)[C@@H]4c2ccccc2)cc1. The van der Waals surface area contributed by atoms with E-state index in [0.717, 1.165) is 39.1 Å². The minimum atomic E-state index is -0.0606. The third-order valence-electron chi connectivity index (χ3n) is 6.48. The number of benzene rings is 4. The van der Waals surface area contributed by atoms with E-state index in [1.165, 1.54) is 11.1 Å². The molecule has 0 bridgehead atoms. The molecule has 3 heterocycles. The van der Waals surface area contributed by atoms with Crippen LogP contribution in [0.25, 0.3) is 16.4 Å². The third kappa shape index (κ3) is 2.98. The van der Waals surface area contributed by atoms with Gasteiger partial charge in [-0.1, -0.05) is 97.1 Å². The van der Waals surface area contributed by atoms with Crippen molar-refractivity contribution in [3.05, 3.63) is 131 Å². The largest absolute Gasteiger partial charge is 0.438 e. The summed E-state index contributed by atoms with van der Waals surface area (Å²) in [6.45, 7) is 0. The van der Waals surface area contributed by atoms with Gasteiger partial charge >= 0.3 is 0 Å². The molecule has 0 radical (unpaired) electrons. The molecule has 7 rings (SSSR count).